The number of nitrogens with one attached hydrogen (secondary N) is 1. The van der Waals surface area contributed by atoms with Crippen molar-refractivity contribution in [3.63, 3.8) is 0 Å². The minimum absolute atomic E-state index is 0.0504. The molecular weight excluding hydrogens is 418 g/mol. The van der Waals surface area contributed by atoms with Crippen molar-refractivity contribution in [2.75, 3.05) is 6.61 Å². The van der Waals surface area contributed by atoms with E-state index in [-0.39, 0.29) is 11.9 Å². The molecule has 1 amide bonds. The van der Waals surface area contributed by atoms with Gasteiger partial charge in [-0.05, 0) is 51.0 Å². The molecule has 0 saturated carbocycles. The van der Waals surface area contributed by atoms with E-state index >= 15 is 0 Å². The SMILES string of the molecule is CC(C)(NCc1nc2ccc(Oc3ccc(F)cc3F)cc2n1C[C@@H]1CCCO1)C(N)=O. The number of primary amides is 1. The van der Waals surface area contributed by atoms with Crippen LogP contribution in [0.4, 0.5) is 8.78 Å². The number of rotatable bonds is 8. The molecule has 1 atom stereocenters. The van der Waals surface area contributed by atoms with E-state index in [1.807, 2.05) is 4.57 Å². The summed E-state index contributed by atoms with van der Waals surface area (Å²) in [4.78, 5) is 16.4. The summed E-state index contributed by atoms with van der Waals surface area (Å²) in [5.41, 5.74) is 6.09. The Bertz CT molecular complexity index is 1140. The first-order valence-electron chi connectivity index (χ1n) is 10.5. The van der Waals surface area contributed by atoms with Gasteiger partial charge in [0.25, 0.3) is 0 Å². The van der Waals surface area contributed by atoms with E-state index < -0.39 is 23.1 Å². The molecule has 0 bridgehead atoms. The van der Waals surface area contributed by atoms with Gasteiger partial charge in [0.2, 0.25) is 5.91 Å². The van der Waals surface area contributed by atoms with E-state index in [0.29, 0.717) is 18.8 Å². The fourth-order valence-electron chi connectivity index (χ4n) is 3.62. The Morgan fingerprint density at radius 1 is 1.31 bits per heavy atom. The molecular formula is C23H26F2N4O3. The van der Waals surface area contributed by atoms with Crippen molar-refractivity contribution in [3.8, 4) is 11.5 Å². The summed E-state index contributed by atoms with van der Waals surface area (Å²) in [6.45, 7) is 5.05. The van der Waals surface area contributed by atoms with Crippen LogP contribution in [0.1, 0.15) is 32.5 Å². The molecule has 3 aromatic rings. The highest BCUT2D eigenvalue weighted by atomic mass is 19.1. The second-order valence-electron chi connectivity index (χ2n) is 8.44. The summed E-state index contributed by atoms with van der Waals surface area (Å²) in [7, 11) is 0. The minimum atomic E-state index is -0.902. The molecule has 7 nitrogen and oxygen atoms in total. The second-order valence-corrected chi connectivity index (χ2v) is 8.44. The number of fused-ring (bicyclic) bond motifs is 1. The Hall–Kier alpha value is -3.04. The van der Waals surface area contributed by atoms with E-state index in [4.69, 9.17) is 20.2 Å². The van der Waals surface area contributed by atoms with Crippen LogP contribution in [0.25, 0.3) is 11.0 Å². The molecule has 170 valence electrons. The molecule has 1 aliphatic heterocycles. The molecule has 4 rings (SSSR count). The molecule has 1 aromatic heterocycles. The average Bonchev–Trinajstić information content (AvgIpc) is 3.37. The van der Waals surface area contributed by atoms with Crippen molar-refractivity contribution in [2.45, 2.75) is 51.4 Å². The maximum atomic E-state index is 14.0. The first-order valence-corrected chi connectivity index (χ1v) is 10.5. The summed E-state index contributed by atoms with van der Waals surface area (Å²) in [6.07, 6.45) is 1.99. The van der Waals surface area contributed by atoms with Gasteiger partial charge in [0, 0.05) is 18.7 Å². The van der Waals surface area contributed by atoms with Gasteiger partial charge in [0.1, 0.15) is 17.4 Å². The second kappa shape index (κ2) is 8.84. The summed E-state index contributed by atoms with van der Waals surface area (Å²) >= 11 is 0. The lowest BCUT2D eigenvalue weighted by atomic mass is 10.1. The number of amides is 1. The Morgan fingerprint density at radius 3 is 2.81 bits per heavy atom. The van der Waals surface area contributed by atoms with Crippen LogP contribution in [0.3, 0.4) is 0 Å². The number of nitrogens with zero attached hydrogens (tertiary/aromatic N) is 2. The zero-order valence-corrected chi connectivity index (χ0v) is 18.0. The fourth-order valence-corrected chi connectivity index (χ4v) is 3.62. The summed E-state index contributed by atoms with van der Waals surface area (Å²) < 4.78 is 40.7. The van der Waals surface area contributed by atoms with Gasteiger partial charge in [-0.3, -0.25) is 10.1 Å². The van der Waals surface area contributed by atoms with E-state index in [9.17, 15) is 13.6 Å². The van der Waals surface area contributed by atoms with Gasteiger partial charge in [-0.2, -0.15) is 0 Å². The number of benzene rings is 2. The highest BCUT2D eigenvalue weighted by Gasteiger charge is 2.26. The molecule has 3 N–H and O–H groups in total. The van der Waals surface area contributed by atoms with Gasteiger partial charge in [-0.25, -0.2) is 13.8 Å². The highest BCUT2D eigenvalue weighted by molar-refractivity contribution is 5.83. The zero-order chi connectivity index (χ0) is 22.9. The highest BCUT2D eigenvalue weighted by Crippen LogP contribution is 2.29. The molecule has 2 aromatic carbocycles. The fraction of sp³-hybridized carbons (Fsp3) is 0.391. The monoisotopic (exact) mass is 444 g/mol. The normalized spacial score (nSPS) is 16.6. The standard InChI is InChI=1S/C23H26F2N4O3/c1-23(2,22(26)30)27-12-21-28-18-7-6-15(32-20-8-5-14(24)10-17(20)25)11-19(18)29(21)13-16-4-3-9-31-16/h5-8,10-11,16,27H,3-4,9,12-13H2,1-2H3,(H2,26,30)/t16-/m0/s1. The van der Waals surface area contributed by atoms with E-state index in [0.717, 1.165) is 48.4 Å². The Labute approximate surface area is 184 Å². The number of nitrogens with two attached hydrogens (primary N) is 1. The van der Waals surface area contributed by atoms with Crippen molar-refractivity contribution >= 4 is 16.9 Å². The molecule has 2 heterocycles. The van der Waals surface area contributed by atoms with Gasteiger partial charge in [-0.15, -0.1) is 0 Å². The van der Waals surface area contributed by atoms with E-state index in [2.05, 4.69) is 5.32 Å². The smallest absolute Gasteiger partial charge is 0.237 e. The number of carbonyl (C=O) groups is 1. The number of hydrogen-bond acceptors (Lipinski definition) is 5. The van der Waals surface area contributed by atoms with Crippen molar-refractivity contribution in [1.82, 2.24) is 14.9 Å². The van der Waals surface area contributed by atoms with E-state index in [1.165, 1.54) is 6.07 Å². The predicted molar refractivity (Wildman–Crippen MR) is 115 cm³/mol. The lowest BCUT2D eigenvalue weighted by Gasteiger charge is -2.22. The molecule has 32 heavy (non-hydrogen) atoms. The number of ether oxygens (including phenoxy) is 2. The van der Waals surface area contributed by atoms with Gasteiger partial charge >= 0.3 is 0 Å². The maximum absolute atomic E-state index is 14.0. The molecule has 0 aliphatic carbocycles. The van der Waals surface area contributed by atoms with Crippen LogP contribution in [-0.2, 0) is 22.6 Å². The van der Waals surface area contributed by atoms with Crippen molar-refractivity contribution in [2.24, 2.45) is 5.73 Å². The number of halogens is 2. The average molecular weight is 444 g/mol. The van der Waals surface area contributed by atoms with Crippen LogP contribution >= 0.6 is 0 Å². The molecule has 0 radical (unpaired) electrons. The van der Waals surface area contributed by atoms with Crippen molar-refractivity contribution in [1.29, 1.82) is 0 Å². The van der Waals surface area contributed by atoms with Crippen LogP contribution in [0.15, 0.2) is 36.4 Å². The number of carbonyl (C=O) groups excluding carboxylic acids is 1. The summed E-state index contributed by atoms with van der Waals surface area (Å²) in [5, 5.41) is 3.15. The number of hydrogen-bond donors (Lipinski definition) is 2. The lowest BCUT2D eigenvalue weighted by Crippen LogP contribution is -2.50. The maximum Gasteiger partial charge on any atom is 0.237 e. The third-order valence-electron chi connectivity index (χ3n) is 5.64. The minimum Gasteiger partial charge on any atom is -0.454 e. The first-order chi connectivity index (χ1) is 15.2. The zero-order valence-electron chi connectivity index (χ0n) is 18.0. The van der Waals surface area contributed by atoms with Crippen molar-refractivity contribution in [3.05, 3.63) is 53.9 Å². The van der Waals surface area contributed by atoms with Gasteiger partial charge in [-0.1, -0.05) is 0 Å². The van der Waals surface area contributed by atoms with Crippen LogP contribution < -0.4 is 15.8 Å². The molecule has 1 fully saturated rings. The molecule has 0 spiro atoms. The molecule has 1 aliphatic rings. The summed E-state index contributed by atoms with van der Waals surface area (Å²) in [5.74, 6) is -0.867. The third kappa shape index (κ3) is 4.73. The third-order valence-corrected chi connectivity index (χ3v) is 5.64. The van der Waals surface area contributed by atoms with Crippen LogP contribution in [0.2, 0.25) is 0 Å². The van der Waals surface area contributed by atoms with Crippen LogP contribution in [0.5, 0.6) is 11.5 Å². The number of aromatic nitrogens is 2. The quantitative estimate of drug-likeness (QED) is 0.554. The van der Waals surface area contributed by atoms with E-state index in [1.54, 1.807) is 32.0 Å². The molecule has 1 saturated heterocycles. The van der Waals surface area contributed by atoms with Crippen molar-refractivity contribution < 1.29 is 23.0 Å². The predicted octanol–water partition coefficient (Wildman–Crippen LogP) is 3.64. The molecule has 0 unspecified atom stereocenters. The first kappa shape index (κ1) is 22.2. The van der Waals surface area contributed by atoms with Gasteiger partial charge in [0.05, 0.1) is 35.8 Å². The van der Waals surface area contributed by atoms with Gasteiger partial charge < -0.3 is 19.8 Å². The van der Waals surface area contributed by atoms with Gasteiger partial charge in [0.15, 0.2) is 11.6 Å². The lowest BCUT2D eigenvalue weighted by molar-refractivity contribution is -0.123. The topological polar surface area (TPSA) is 91.4 Å². The Balaban J connectivity index is 1.67. The Morgan fingerprint density at radius 2 is 2.12 bits per heavy atom. The number of imidazole rings is 1. The van der Waals surface area contributed by atoms with Crippen LogP contribution in [-0.4, -0.2) is 33.7 Å². The largest absolute Gasteiger partial charge is 0.454 e. The molecule has 9 heteroatoms. The summed E-state index contributed by atoms with van der Waals surface area (Å²) in [6, 6.07) is 8.39. The van der Waals surface area contributed by atoms with Crippen LogP contribution in [0, 0.1) is 11.6 Å². The Kier molecular flexibility index (Phi) is 6.12.